The van der Waals surface area contributed by atoms with Gasteiger partial charge in [-0.1, -0.05) is 5.92 Å². The van der Waals surface area contributed by atoms with Crippen molar-refractivity contribution in [2.75, 3.05) is 0 Å². The Labute approximate surface area is 175 Å². The molecular weight excluding hydrogens is 385 g/mol. The van der Waals surface area contributed by atoms with Crippen LogP contribution in [-0.2, 0) is 4.79 Å². The standard InChI is InChI=1S/C22H24FN5O2/c1-2-14-3-6-17(11-24)27(14)22(30)20(25)13-9-15-4-5-16(10-13)28(15)21(29)18-7-8-26-12-19(18)23/h1,7-8,12-17,20H,3-6,9-10,25H2/t13?,14-,15?,16?,17-,20-/m0/s1. The zero-order valence-electron chi connectivity index (χ0n) is 16.6. The molecule has 3 aliphatic heterocycles. The van der Waals surface area contributed by atoms with E-state index in [0.29, 0.717) is 25.7 Å². The van der Waals surface area contributed by atoms with Crippen LogP contribution < -0.4 is 5.73 Å². The van der Waals surface area contributed by atoms with Gasteiger partial charge >= 0.3 is 0 Å². The Balaban J connectivity index is 1.49. The van der Waals surface area contributed by atoms with Gasteiger partial charge in [-0.15, -0.1) is 6.42 Å². The highest BCUT2D eigenvalue weighted by Crippen LogP contribution is 2.41. The Hall–Kier alpha value is -2.97. The van der Waals surface area contributed by atoms with Gasteiger partial charge in [0.05, 0.1) is 29.9 Å². The smallest absolute Gasteiger partial charge is 0.257 e. The second kappa shape index (κ2) is 8.04. The maximum atomic E-state index is 14.1. The van der Waals surface area contributed by atoms with Gasteiger partial charge in [0.2, 0.25) is 5.91 Å². The van der Waals surface area contributed by atoms with Crippen molar-refractivity contribution in [2.45, 2.75) is 68.7 Å². The normalized spacial score (nSPS) is 31.1. The molecule has 30 heavy (non-hydrogen) atoms. The second-order valence-electron chi connectivity index (χ2n) is 8.36. The topological polar surface area (TPSA) is 103 Å². The summed E-state index contributed by atoms with van der Waals surface area (Å²) >= 11 is 0. The minimum absolute atomic E-state index is 0.0199. The molecule has 0 radical (unpaired) electrons. The van der Waals surface area contributed by atoms with Crippen LogP contribution in [0.3, 0.4) is 0 Å². The Morgan fingerprint density at radius 2 is 1.87 bits per heavy atom. The summed E-state index contributed by atoms with van der Waals surface area (Å²) in [4.78, 5) is 33.0. The van der Waals surface area contributed by atoms with E-state index in [0.717, 1.165) is 19.0 Å². The summed E-state index contributed by atoms with van der Waals surface area (Å²) < 4.78 is 14.1. The highest BCUT2D eigenvalue weighted by molar-refractivity contribution is 5.95. The quantitative estimate of drug-likeness (QED) is 0.761. The number of nitrogens with two attached hydrogens (primary N) is 1. The number of fused-ring (bicyclic) bond motifs is 2. The van der Waals surface area contributed by atoms with E-state index < -0.39 is 23.9 Å². The molecule has 7 nitrogen and oxygen atoms in total. The zero-order valence-corrected chi connectivity index (χ0v) is 16.6. The lowest BCUT2D eigenvalue weighted by molar-refractivity contribution is -0.135. The van der Waals surface area contributed by atoms with Crippen LogP contribution in [0, 0.1) is 35.4 Å². The Kier molecular flexibility index (Phi) is 5.44. The molecule has 156 valence electrons. The van der Waals surface area contributed by atoms with Crippen LogP contribution in [-0.4, -0.2) is 56.8 Å². The predicted molar refractivity (Wildman–Crippen MR) is 106 cm³/mol. The number of pyridine rings is 1. The van der Waals surface area contributed by atoms with Crippen LogP contribution >= 0.6 is 0 Å². The summed E-state index contributed by atoms with van der Waals surface area (Å²) in [6, 6.07) is 1.67. The van der Waals surface area contributed by atoms with E-state index in [1.807, 2.05) is 0 Å². The van der Waals surface area contributed by atoms with E-state index in [-0.39, 0.29) is 35.4 Å². The fourth-order valence-electron chi connectivity index (χ4n) is 5.31. The number of hydrogen-bond acceptors (Lipinski definition) is 5. The molecule has 2 amide bonds. The lowest BCUT2D eigenvalue weighted by atomic mass is 9.84. The van der Waals surface area contributed by atoms with Crippen molar-refractivity contribution >= 4 is 11.8 Å². The summed E-state index contributed by atoms with van der Waals surface area (Å²) in [6.45, 7) is 0. The number of carbonyl (C=O) groups excluding carboxylic acids is 2. The Morgan fingerprint density at radius 1 is 1.20 bits per heavy atom. The van der Waals surface area contributed by atoms with Crippen LogP contribution in [0.15, 0.2) is 18.5 Å². The van der Waals surface area contributed by atoms with Gasteiger partial charge in [0.25, 0.3) is 5.91 Å². The molecule has 2 N–H and O–H groups in total. The third-order valence-corrected chi connectivity index (χ3v) is 6.78. The molecule has 3 fully saturated rings. The number of terminal acetylenes is 1. The largest absolute Gasteiger partial charge is 0.333 e. The summed E-state index contributed by atoms with van der Waals surface area (Å²) in [5, 5.41) is 9.38. The molecule has 1 aromatic rings. The molecule has 3 aliphatic rings. The second-order valence-corrected chi connectivity index (χ2v) is 8.36. The molecule has 0 aliphatic carbocycles. The number of hydrogen-bond donors (Lipinski definition) is 1. The van der Waals surface area contributed by atoms with Crippen molar-refractivity contribution in [3.8, 4) is 18.4 Å². The van der Waals surface area contributed by atoms with E-state index in [4.69, 9.17) is 12.2 Å². The number of nitriles is 1. The molecular formula is C22H24FN5O2. The average molecular weight is 409 g/mol. The molecule has 5 atom stereocenters. The van der Waals surface area contributed by atoms with Crippen molar-refractivity contribution in [2.24, 2.45) is 11.7 Å². The van der Waals surface area contributed by atoms with Crippen molar-refractivity contribution in [3.63, 3.8) is 0 Å². The van der Waals surface area contributed by atoms with Crippen molar-refractivity contribution in [1.82, 2.24) is 14.8 Å². The van der Waals surface area contributed by atoms with Gasteiger partial charge in [-0.2, -0.15) is 5.26 Å². The first-order valence-corrected chi connectivity index (χ1v) is 10.3. The van der Waals surface area contributed by atoms with Crippen molar-refractivity contribution in [1.29, 1.82) is 5.26 Å². The molecule has 0 saturated carbocycles. The summed E-state index contributed by atoms with van der Waals surface area (Å²) in [6.07, 6.45) is 11.9. The minimum atomic E-state index is -0.771. The van der Waals surface area contributed by atoms with Gasteiger partial charge in [0, 0.05) is 18.3 Å². The fourth-order valence-corrected chi connectivity index (χ4v) is 5.31. The monoisotopic (exact) mass is 409 g/mol. The summed E-state index contributed by atoms with van der Waals surface area (Å²) in [5.41, 5.74) is 6.39. The van der Waals surface area contributed by atoms with Crippen LogP contribution in [0.4, 0.5) is 4.39 Å². The number of piperidine rings is 1. The van der Waals surface area contributed by atoms with Gasteiger partial charge in [-0.3, -0.25) is 14.6 Å². The van der Waals surface area contributed by atoms with Gasteiger partial charge in [-0.25, -0.2) is 4.39 Å². The Bertz CT molecular complexity index is 902. The van der Waals surface area contributed by atoms with Gasteiger partial charge in [0.15, 0.2) is 5.82 Å². The molecule has 3 saturated heterocycles. The van der Waals surface area contributed by atoms with Crippen molar-refractivity contribution in [3.05, 3.63) is 29.8 Å². The minimum Gasteiger partial charge on any atom is -0.333 e. The molecule has 2 bridgehead atoms. The van der Waals surface area contributed by atoms with E-state index in [1.54, 1.807) is 4.90 Å². The van der Waals surface area contributed by atoms with Gasteiger partial charge < -0.3 is 15.5 Å². The van der Waals surface area contributed by atoms with E-state index in [1.165, 1.54) is 17.2 Å². The number of carbonyl (C=O) groups is 2. The fraction of sp³-hybridized carbons (Fsp3) is 0.545. The van der Waals surface area contributed by atoms with Crippen LogP contribution in [0.5, 0.6) is 0 Å². The zero-order chi connectivity index (χ0) is 21.4. The van der Waals surface area contributed by atoms with E-state index in [9.17, 15) is 19.2 Å². The Morgan fingerprint density at radius 3 is 2.47 bits per heavy atom. The maximum Gasteiger partial charge on any atom is 0.257 e. The summed E-state index contributed by atoms with van der Waals surface area (Å²) in [7, 11) is 0. The number of likely N-dealkylation sites (tertiary alicyclic amines) is 1. The van der Waals surface area contributed by atoms with Crippen LogP contribution in [0.2, 0.25) is 0 Å². The highest BCUT2D eigenvalue weighted by atomic mass is 19.1. The van der Waals surface area contributed by atoms with E-state index in [2.05, 4.69) is 17.0 Å². The van der Waals surface area contributed by atoms with Gasteiger partial charge in [0.1, 0.15) is 6.04 Å². The number of amides is 2. The third-order valence-electron chi connectivity index (χ3n) is 6.78. The van der Waals surface area contributed by atoms with Crippen LogP contribution in [0.1, 0.15) is 48.9 Å². The predicted octanol–water partition coefficient (Wildman–Crippen LogP) is 1.45. The first-order chi connectivity index (χ1) is 14.5. The van der Waals surface area contributed by atoms with Crippen LogP contribution in [0.25, 0.3) is 0 Å². The summed E-state index contributed by atoms with van der Waals surface area (Å²) in [5.74, 6) is 1.23. The maximum absolute atomic E-state index is 14.1. The first kappa shape index (κ1) is 20.3. The highest BCUT2D eigenvalue weighted by Gasteiger charge is 2.48. The van der Waals surface area contributed by atoms with Gasteiger partial charge in [-0.05, 0) is 50.5 Å². The van der Waals surface area contributed by atoms with Crippen molar-refractivity contribution < 1.29 is 14.0 Å². The molecule has 2 unspecified atom stereocenters. The molecule has 0 aromatic carbocycles. The SMILES string of the molecule is C#C[C@H]1CC[C@@H](C#N)N1C(=O)[C@@H](N)C1CC2CCC(C1)N2C(=O)c1ccncc1F. The number of nitrogens with zero attached hydrogens (tertiary/aromatic N) is 4. The van der Waals surface area contributed by atoms with E-state index >= 15 is 0 Å². The number of aromatic nitrogens is 1. The average Bonchev–Trinajstić information content (AvgIpc) is 3.29. The first-order valence-electron chi connectivity index (χ1n) is 10.3. The molecule has 4 rings (SSSR count). The molecule has 8 heteroatoms. The molecule has 4 heterocycles. The molecule has 0 spiro atoms. The number of rotatable bonds is 3. The third kappa shape index (κ3) is 3.32. The molecule has 1 aromatic heterocycles. The number of halogens is 1. The lowest BCUT2D eigenvalue weighted by Gasteiger charge is -2.41. The lowest BCUT2D eigenvalue weighted by Crippen LogP contribution is -2.56.